The van der Waals surface area contributed by atoms with Crippen molar-refractivity contribution in [1.82, 2.24) is 0 Å². The maximum Gasteiger partial charge on any atom is 0.328 e. The van der Waals surface area contributed by atoms with Gasteiger partial charge in [0, 0.05) is 29.9 Å². The standard InChI is InChI=1S/C15H20ClNO2/c1-3-9-17(10-4-2)14-7-6-13(16)11-12(14)5-8-15(18)19/h5-8,11H,3-4,9-10H2,1-2H3,(H,18,19)/b8-5+. The number of aliphatic carboxylic acids is 1. The highest BCUT2D eigenvalue weighted by Crippen LogP contribution is 2.26. The molecule has 0 radical (unpaired) electrons. The van der Waals surface area contributed by atoms with Crippen LogP contribution in [0.15, 0.2) is 24.3 Å². The predicted octanol–water partition coefficient (Wildman–Crippen LogP) is 4.06. The third-order valence-electron chi connectivity index (χ3n) is 2.72. The molecule has 0 bridgehead atoms. The number of nitrogens with zero attached hydrogens (tertiary/aromatic N) is 1. The number of carboxylic acid groups (broad SMARTS) is 1. The zero-order chi connectivity index (χ0) is 14.3. The molecule has 0 atom stereocenters. The molecule has 1 aromatic rings. The van der Waals surface area contributed by atoms with E-state index in [9.17, 15) is 4.79 Å². The molecule has 0 aliphatic heterocycles. The summed E-state index contributed by atoms with van der Waals surface area (Å²) in [6, 6.07) is 5.59. The molecule has 3 nitrogen and oxygen atoms in total. The Kier molecular flexibility index (Phi) is 6.43. The van der Waals surface area contributed by atoms with Gasteiger partial charge in [0.1, 0.15) is 0 Å². The average Bonchev–Trinajstić information content (AvgIpc) is 2.36. The fraction of sp³-hybridized carbons (Fsp3) is 0.400. The number of anilines is 1. The molecule has 1 aromatic carbocycles. The van der Waals surface area contributed by atoms with Gasteiger partial charge in [-0.25, -0.2) is 4.79 Å². The van der Waals surface area contributed by atoms with E-state index in [1.54, 1.807) is 12.1 Å². The van der Waals surface area contributed by atoms with E-state index in [0.29, 0.717) is 5.02 Å². The van der Waals surface area contributed by atoms with Gasteiger partial charge in [-0.3, -0.25) is 0 Å². The molecule has 1 N–H and O–H groups in total. The molecule has 0 heterocycles. The van der Waals surface area contributed by atoms with E-state index < -0.39 is 5.97 Å². The SMILES string of the molecule is CCCN(CCC)c1ccc(Cl)cc1/C=C/C(=O)O. The largest absolute Gasteiger partial charge is 0.478 e. The third kappa shape index (κ3) is 4.95. The van der Waals surface area contributed by atoms with Crippen molar-refractivity contribution < 1.29 is 9.90 Å². The Balaban J connectivity index is 3.12. The summed E-state index contributed by atoms with van der Waals surface area (Å²) >= 11 is 5.99. The van der Waals surface area contributed by atoms with Crippen LogP contribution in [0.4, 0.5) is 5.69 Å². The van der Waals surface area contributed by atoms with Crippen LogP contribution in [-0.4, -0.2) is 24.2 Å². The quantitative estimate of drug-likeness (QED) is 0.766. The minimum atomic E-state index is -0.955. The van der Waals surface area contributed by atoms with Gasteiger partial charge >= 0.3 is 5.97 Å². The fourth-order valence-electron chi connectivity index (χ4n) is 2.00. The van der Waals surface area contributed by atoms with Gasteiger partial charge in [0.15, 0.2) is 0 Å². The summed E-state index contributed by atoms with van der Waals surface area (Å²) in [7, 11) is 0. The Hall–Kier alpha value is -1.48. The highest BCUT2D eigenvalue weighted by molar-refractivity contribution is 6.30. The second-order valence-electron chi connectivity index (χ2n) is 4.36. The van der Waals surface area contributed by atoms with Crippen molar-refractivity contribution >= 4 is 29.3 Å². The summed E-state index contributed by atoms with van der Waals surface area (Å²) in [5.41, 5.74) is 1.88. The summed E-state index contributed by atoms with van der Waals surface area (Å²) in [6.45, 7) is 6.16. The van der Waals surface area contributed by atoms with Crippen LogP contribution in [0.3, 0.4) is 0 Å². The minimum absolute atomic E-state index is 0.613. The Labute approximate surface area is 119 Å². The predicted molar refractivity (Wildman–Crippen MR) is 80.9 cm³/mol. The summed E-state index contributed by atoms with van der Waals surface area (Å²) in [5, 5.41) is 9.36. The number of hydrogen-bond donors (Lipinski definition) is 1. The van der Waals surface area contributed by atoms with Crippen molar-refractivity contribution in [2.75, 3.05) is 18.0 Å². The second-order valence-corrected chi connectivity index (χ2v) is 4.80. The van der Waals surface area contributed by atoms with Crippen molar-refractivity contribution in [2.45, 2.75) is 26.7 Å². The molecule has 0 aromatic heterocycles. The molecule has 104 valence electrons. The van der Waals surface area contributed by atoms with Crippen LogP contribution < -0.4 is 4.90 Å². The summed E-state index contributed by atoms with van der Waals surface area (Å²) in [4.78, 5) is 12.9. The van der Waals surface area contributed by atoms with Gasteiger partial charge in [-0.1, -0.05) is 25.4 Å². The first-order chi connectivity index (χ1) is 9.08. The van der Waals surface area contributed by atoms with Crippen LogP contribution in [0.2, 0.25) is 5.02 Å². The van der Waals surface area contributed by atoms with Crippen molar-refractivity contribution in [2.24, 2.45) is 0 Å². The van der Waals surface area contributed by atoms with E-state index in [0.717, 1.165) is 43.3 Å². The number of halogens is 1. The van der Waals surface area contributed by atoms with Crippen LogP contribution in [0.5, 0.6) is 0 Å². The Bertz CT molecular complexity index is 451. The van der Waals surface area contributed by atoms with Gasteiger partial charge in [0.05, 0.1) is 0 Å². The fourth-order valence-corrected chi connectivity index (χ4v) is 2.18. The lowest BCUT2D eigenvalue weighted by Gasteiger charge is -2.25. The molecule has 0 unspecified atom stereocenters. The van der Waals surface area contributed by atoms with Gasteiger partial charge in [0.2, 0.25) is 0 Å². The third-order valence-corrected chi connectivity index (χ3v) is 2.96. The molecular weight excluding hydrogens is 262 g/mol. The Morgan fingerprint density at radius 2 is 1.95 bits per heavy atom. The minimum Gasteiger partial charge on any atom is -0.478 e. The van der Waals surface area contributed by atoms with E-state index >= 15 is 0 Å². The normalized spacial score (nSPS) is 10.9. The van der Waals surface area contributed by atoms with E-state index in [4.69, 9.17) is 16.7 Å². The van der Waals surface area contributed by atoms with Gasteiger partial charge in [-0.2, -0.15) is 0 Å². The van der Waals surface area contributed by atoms with Crippen molar-refractivity contribution in [3.05, 3.63) is 34.9 Å². The van der Waals surface area contributed by atoms with E-state index in [1.165, 1.54) is 0 Å². The van der Waals surface area contributed by atoms with Crippen LogP contribution in [0.25, 0.3) is 6.08 Å². The molecule has 0 amide bonds. The van der Waals surface area contributed by atoms with Gasteiger partial charge in [0.25, 0.3) is 0 Å². The van der Waals surface area contributed by atoms with Crippen molar-refractivity contribution in [3.8, 4) is 0 Å². The molecule has 0 fully saturated rings. The average molecular weight is 282 g/mol. The van der Waals surface area contributed by atoms with Crippen LogP contribution in [0, 0.1) is 0 Å². The van der Waals surface area contributed by atoms with Gasteiger partial charge in [-0.05, 0) is 42.7 Å². The van der Waals surface area contributed by atoms with Gasteiger partial charge < -0.3 is 10.0 Å². The molecule has 19 heavy (non-hydrogen) atoms. The smallest absolute Gasteiger partial charge is 0.328 e. The van der Waals surface area contributed by atoms with Crippen LogP contribution in [-0.2, 0) is 4.79 Å². The number of hydrogen-bond acceptors (Lipinski definition) is 2. The zero-order valence-electron chi connectivity index (χ0n) is 11.4. The number of carbonyl (C=O) groups is 1. The monoisotopic (exact) mass is 281 g/mol. The highest BCUT2D eigenvalue weighted by atomic mass is 35.5. The second kappa shape index (κ2) is 7.85. The molecule has 0 aliphatic carbocycles. The van der Waals surface area contributed by atoms with Gasteiger partial charge in [-0.15, -0.1) is 0 Å². The maximum absolute atomic E-state index is 10.7. The first-order valence-electron chi connectivity index (χ1n) is 6.54. The highest BCUT2D eigenvalue weighted by Gasteiger charge is 2.09. The summed E-state index contributed by atoms with van der Waals surface area (Å²) < 4.78 is 0. The maximum atomic E-state index is 10.7. The van der Waals surface area contributed by atoms with Crippen molar-refractivity contribution in [1.29, 1.82) is 0 Å². The summed E-state index contributed by atoms with van der Waals surface area (Å²) in [5.74, 6) is -0.955. The molecule has 0 aliphatic rings. The molecule has 0 saturated heterocycles. The topological polar surface area (TPSA) is 40.5 Å². The zero-order valence-corrected chi connectivity index (χ0v) is 12.2. The van der Waals surface area contributed by atoms with E-state index in [1.807, 2.05) is 12.1 Å². The van der Waals surface area contributed by atoms with Crippen LogP contribution >= 0.6 is 11.6 Å². The number of benzene rings is 1. The lowest BCUT2D eigenvalue weighted by atomic mass is 10.1. The van der Waals surface area contributed by atoms with E-state index in [2.05, 4.69) is 18.7 Å². The first kappa shape index (κ1) is 15.6. The molecular formula is C15H20ClNO2. The molecule has 4 heteroatoms. The Morgan fingerprint density at radius 1 is 1.32 bits per heavy atom. The number of carboxylic acids is 1. The summed E-state index contributed by atoms with van der Waals surface area (Å²) in [6.07, 6.45) is 4.84. The van der Waals surface area contributed by atoms with E-state index in [-0.39, 0.29) is 0 Å². The van der Waals surface area contributed by atoms with Crippen molar-refractivity contribution in [3.63, 3.8) is 0 Å². The lowest BCUT2D eigenvalue weighted by molar-refractivity contribution is -0.131. The lowest BCUT2D eigenvalue weighted by Crippen LogP contribution is -2.25. The molecule has 1 rings (SSSR count). The van der Waals surface area contributed by atoms with Crippen LogP contribution in [0.1, 0.15) is 32.3 Å². The molecule has 0 spiro atoms. The first-order valence-corrected chi connectivity index (χ1v) is 6.91. The number of rotatable bonds is 7. The Morgan fingerprint density at radius 3 is 2.47 bits per heavy atom. The molecule has 0 saturated carbocycles.